The number of hydrogen-bond donors (Lipinski definition) is 1. The molecular formula is C12H16N4O2S. The van der Waals surface area contributed by atoms with Gasteiger partial charge in [0.25, 0.3) is 0 Å². The lowest BCUT2D eigenvalue weighted by Crippen LogP contribution is -2.13. The Morgan fingerprint density at radius 2 is 2.11 bits per heavy atom. The van der Waals surface area contributed by atoms with E-state index in [4.69, 9.17) is 5.73 Å². The van der Waals surface area contributed by atoms with Crippen LogP contribution >= 0.6 is 0 Å². The van der Waals surface area contributed by atoms with E-state index in [1.807, 2.05) is 6.92 Å². The quantitative estimate of drug-likeness (QED) is 0.849. The maximum atomic E-state index is 12.4. The van der Waals surface area contributed by atoms with Gasteiger partial charge in [0.05, 0.1) is 4.90 Å². The van der Waals surface area contributed by atoms with Crippen LogP contribution in [-0.4, -0.2) is 23.2 Å². The average Bonchev–Trinajstić information content (AvgIpc) is 2.78. The summed E-state index contributed by atoms with van der Waals surface area (Å²) in [7, 11) is -3.47. The van der Waals surface area contributed by atoms with Crippen LogP contribution in [0.25, 0.3) is 0 Å². The summed E-state index contributed by atoms with van der Waals surface area (Å²) < 4.78 is 26.4. The molecule has 0 radical (unpaired) electrons. The number of benzene rings is 1. The number of nitrogen functional groups attached to an aromatic ring is 1. The number of nitrogens with two attached hydrogens (primary N) is 1. The first-order chi connectivity index (χ1) is 8.95. The summed E-state index contributed by atoms with van der Waals surface area (Å²) in [5.41, 5.74) is 6.79. The summed E-state index contributed by atoms with van der Waals surface area (Å²) >= 11 is 0. The SMILES string of the molecule is CCn1ncnc1CS(=O)(=O)c1cccc(N)c1C. The third kappa shape index (κ3) is 2.60. The maximum Gasteiger partial charge on any atom is 0.185 e. The van der Waals surface area contributed by atoms with E-state index in [0.29, 0.717) is 23.6 Å². The fourth-order valence-electron chi connectivity index (χ4n) is 1.88. The molecule has 0 atom stereocenters. The van der Waals surface area contributed by atoms with Crippen molar-refractivity contribution in [1.82, 2.24) is 14.8 Å². The Hall–Kier alpha value is -1.89. The Balaban J connectivity index is 2.41. The first-order valence-electron chi connectivity index (χ1n) is 5.90. The van der Waals surface area contributed by atoms with Gasteiger partial charge in [0.2, 0.25) is 0 Å². The molecule has 2 N–H and O–H groups in total. The van der Waals surface area contributed by atoms with Gasteiger partial charge in [0.1, 0.15) is 17.9 Å². The zero-order valence-electron chi connectivity index (χ0n) is 10.9. The number of sulfone groups is 1. The molecule has 7 heteroatoms. The second-order valence-corrected chi connectivity index (χ2v) is 6.18. The van der Waals surface area contributed by atoms with Crippen molar-refractivity contribution in [1.29, 1.82) is 0 Å². The minimum absolute atomic E-state index is 0.175. The van der Waals surface area contributed by atoms with E-state index in [0.717, 1.165) is 0 Å². The average molecular weight is 280 g/mol. The van der Waals surface area contributed by atoms with Gasteiger partial charge < -0.3 is 5.73 Å². The van der Waals surface area contributed by atoms with E-state index in [1.54, 1.807) is 29.8 Å². The minimum Gasteiger partial charge on any atom is -0.398 e. The van der Waals surface area contributed by atoms with Crippen LogP contribution < -0.4 is 5.73 Å². The maximum absolute atomic E-state index is 12.4. The second kappa shape index (κ2) is 5.00. The Bertz CT molecular complexity index is 692. The van der Waals surface area contributed by atoms with E-state index < -0.39 is 9.84 Å². The van der Waals surface area contributed by atoms with Crippen LogP contribution in [-0.2, 0) is 22.1 Å². The van der Waals surface area contributed by atoms with Gasteiger partial charge in [-0.15, -0.1) is 0 Å². The largest absolute Gasteiger partial charge is 0.398 e. The first-order valence-corrected chi connectivity index (χ1v) is 7.55. The van der Waals surface area contributed by atoms with Gasteiger partial charge in [-0.25, -0.2) is 18.1 Å². The predicted octanol–water partition coefficient (Wildman–Crippen LogP) is 1.16. The Kier molecular flexibility index (Phi) is 3.57. The monoisotopic (exact) mass is 280 g/mol. The number of aryl methyl sites for hydroxylation is 1. The molecule has 2 aromatic rings. The Morgan fingerprint density at radius 1 is 1.37 bits per heavy atom. The molecule has 19 heavy (non-hydrogen) atoms. The third-order valence-electron chi connectivity index (χ3n) is 2.98. The molecule has 0 fully saturated rings. The number of nitrogens with zero attached hydrogens (tertiary/aromatic N) is 3. The van der Waals surface area contributed by atoms with Crippen LogP contribution in [0.3, 0.4) is 0 Å². The highest BCUT2D eigenvalue weighted by atomic mass is 32.2. The fraction of sp³-hybridized carbons (Fsp3) is 0.333. The number of anilines is 1. The molecule has 0 saturated heterocycles. The van der Waals surface area contributed by atoms with Gasteiger partial charge in [-0.3, -0.25) is 0 Å². The van der Waals surface area contributed by atoms with E-state index in [9.17, 15) is 8.42 Å². The summed E-state index contributed by atoms with van der Waals surface area (Å²) in [4.78, 5) is 4.24. The van der Waals surface area contributed by atoms with Gasteiger partial charge in [-0.1, -0.05) is 6.07 Å². The predicted molar refractivity (Wildman–Crippen MR) is 72.2 cm³/mol. The van der Waals surface area contributed by atoms with Crippen LogP contribution in [0.1, 0.15) is 18.3 Å². The fourth-order valence-corrected chi connectivity index (χ4v) is 3.47. The minimum atomic E-state index is -3.47. The van der Waals surface area contributed by atoms with Crippen molar-refractivity contribution >= 4 is 15.5 Å². The van der Waals surface area contributed by atoms with Crippen molar-refractivity contribution in [2.45, 2.75) is 31.0 Å². The molecule has 6 nitrogen and oxygen atoms in total. The van der Waals surface area contributed by atoms with Crippen molar-refractivity contribution in [3.05, 3.63) is 35.9 Å². The number of aromatic nitrogens is 3. The lowest BCUT2D eigenvalue weighted by Gasteiger charge is -2.09. The molecule has 0 amide bonds. The van der Waals surface area contributed by atoms with E-state index >= 15 is 0 Å². The van der Waals surface area contributed by atoms with E-state index in [2.05, 4.69) is 10.1 Å². The number of hydrogen-bond acceptors (Lipinski definition) is 5. The lowest BCUT2D eigenvalue weighted by molar-refractivity contribution is 0.583. The molecule has 0 aliphatic heterocycles. The molecule has 0 aliphatic carbocycles. The molecule has 1 aromatic carbocycles. The normalized spacial score (nSPS) is 11.7. The second-order valence-electron chi connectivity index (χ2n) is 4.22. The molecule has 0 bridgehead atoms. The summed E-state index contributed by atoms with van der Waals surface area (Å²) in [6.07, 6.45) is 1.36. The highest BCUT2D eigenvalue weighted by Gasteiger charge is 2.21. The van der Waals surface area contributed by atoms with E-state index in [1.165, 1.54) is 6.33 Å². The first kappa shape index (κ1) is 13.5. The van der Waals surface area contributed by atoms with Crippen LogP contribution in [0, 0.1) is 6.92 Å². The Morgan fingerprint density at radius 3 is 2.79 bits per heavy atom. The highest BCUT2D eigenvalue weighted by Crippen LogP contribution is 2.23. The zero-order valence-corrected chi connectivity index (χ0v) is 11.7. The molecule has 1 aromatic heterocycles. The summed E-state index contributed by atoms with van der Waals surface area (Å²) in [6.45, 7) is 4.17. The van der Waals surface area contributed by atoms with Crippen molar-refractivity contribution < 1.29 is 8.42 Å². The standard InChI is InChI=1S/C12H16N4O2S/c1-3-16-12(14-8-15-16)7-19(17,18)11-6-4-5-10(13)9(11)2/h4-6,8H,3,7,13H2,1-2H3. The molecule has 2 rings (SSSR count). The molecule has 102 valence electrons. The molecule has 0 saturated carbocycles. The van der Waals surface area contributed by atoms with Gasteiger partial charge in [0, 0.05) is 12.2 Å². The molecule has 0 unspecified atom stereocenters. The summed E-state index contributed by atoms with van der Waals surface area (Å²) in [5.74, 6) is 0.259. The molecular weight excluding hydrogens is 264 g/mol. The van der Waals surface area contributed by atoms with Crippen molar-refractivity contribution in [2.75, 3.05) is 5.73 Å². The van der Waals surface area contributed by atoms with Crippen molar-refractivity contribution in [2.24, 2.45) is 0 Å². The van der Waals surface area contributed by atoms with Crippen LogP contribution in [0.2, 0.25) is 0 Å². The topological polar surface area (TPSA) is 90.9 Å². The summed E-state index contributed by atoms with van der Waals surface area (Å²) in [5, 5.41) is 3.97. The Labute approximate surface area is 112 Å². The molecule has 0 aliphatic rings. The number of rotatable bonds is 4. The van der Waals surface area contributed by atoms with Crippen molar-refractivity contribution in [3.63, 3.8) is 0 Å². The van der Waals surface area contributed by atoms with Gasteiger partial charge in [-0.2, -0.15) is 5.10 Å². The van der Waals surface area contributed by atoms with Crippen molar-refractivity contribution in [3.8, 4) is 0 Å². The van der Waals surface area contributed by atoms with Crippen LogP contribution in [0.15, 0.2) is 29.4 Å². The van der Waals surface area contributed by atoms with Gasteiger partial charge in [-0.05, 0) is 31.5 Å². The molecule has 0 spiro atoms. The van der Waals surface area contributed by atoms with Gasteiger partial charge >= 0.3 is 0 Å². The lowest BCUT2D eigenvalue weighted by atomic mass is 10.2. The van der Waals surface area contributed by atoms with E-state index in [-0.39, 0.29) is 10.6 Å². The summed E-state index contributed by atoms with van der Waals surface area (Å²) in [6, 6.07) is 4.89. The molecule has 1 heterocycles. The highest BCUT2D eigenvalue weighted by molar-refractivity contribution is 7.90. The van der Waals surface area contributed by atoms with Gasteiger partial charge in [0.15, 0.2) is 9.84 Å². The van der Waals surface area contributed by atoms with Crippen LogP contribution in [0.4, 0.5) is 5.69 Å². The smallest absolute Gasteiger partial charge is 0.185 e. The third-order valence-corrected chi connectivity index (χ3v) is 4.73. The van der Waals surface area contributed by atoms with Crippen LogP contribution in [0.5, 0.6) is 0 Å². The zero-order chi connectivity index (χ0) is 14.0.